The highest BCUT2D eigenvalue weighted by atomic mass is 32.2. The molecule has 0 fully saturated rings. The zero-order valence-electron chi connectivity index (χ0n) is 11.1. The number of aromatic nitrogens is 2. The summed E-state index contributed by atoms with van der Waals surface area (Å²) in [6, 6.07) is 7.61. The summed E-state index contributed by atoms with van der Waals surface area (Å²) in [6.07, 6.45) is 4.01. The van der Waals surface area contributed by atoms with Crippen molar-refractivity contribution in [1.82, 2.24) is 9.78 Å². The molecule has 1 aromatic carbocycles. The second-order valence-corrected chi connectivity index (χ2v) is 6.26. The quantitative estimate of drug-likeness (QED) is 0.920. The van der Waals surface area contributed by atoms with Crippen LogP contribution in [0.25, 0.3) is 5.69 Å². The van der Waals surface area contributed by atoms with Gasteiger partial charge < -0.3 is 5.11 Å². The van der Waals surface area contributed by atoms with E-state index in [0.717, 1.165) is 16.9 Å². The first kappa shape index (κ1) is 13.0. The van der Waals surface area contributed by atoms with Crippen molar-refractivity contribution < 1.29 is 5.11 Å². The second kappa shape index (κ2) is 4.69. The normalized spacial score (nSPS) is 11.8. The Kier molecular flexibility index (Phi) is 3.39. The van der Waals surface area contributed by atoms with Crippen LogP contribution in [-0.4, -0.2) is 21.1 Å². The molecule has 2 rings (SSSR count). The van der Waals surface area contributed by atoms with Crippen molar-refractivity contribution in [2.24, 2.45) is 0 Å². The van der Waals surface area contributed by atoms with E-state index in [1.165, 1.54) is 0 Å². The van der Waals surface area contributed by atoms with Crippen LogP contribution < -0.4 is 0 Å². The van der Waals surface area contributed by atoms with Gasteiger partial charge in [0.2, 0.25) is 0 Å². The number of rotatable bonds is 3. The fourth-order valence-electron chi connectivity index (χ4n) is 1.63. The lowest BCUT2D eigenvalue weighted by atomic mass is 10.1. The van der Waals surface area contributed by atoms with Crippen LogP contribution in [0.2, 0.25) is 0 Å². The van der Waals surface area contributed by atoms with Crippen molar-refractivity contribution in [2.45, 2.75) is 25.5 Å². The molecule has 0 saturated heterocycles. The van der Waals surface area contributed by atoms with Gasteiger partial charge in [0, 0.05) is 12.3 Å². The molecule has 0 amide bonds. The molecule has 0 radical (unpaired) electrons. The maximum atomic E-state index is 9.73. The van der Waals surface area contributed by atoms with Gasteiger partial charge in [-0.1, -0.05) is 6.07 Å². The van der Waals surface area contributed by atoms with Gasteiger partial charge in [-0.3, -0.25) is 0 Å². The molecule has 1 N–H and O–H groups in total. The maximum Gasteiger partial charge on any atom is 0.120 e. The van der Waals surface area contributed by atoms with E-state index in [1.807, 2.05) is 31.3 Å². The zero-order chi connectivity index (χ0) is 13.3. The fourth-order valence-corrected chi connectivity index (χ4v) is 1.95. The Balaban J connectivity index is 2.38. The molecule has 1 aromatic heterocycles. The number of benzene rings is 1. The van der Waals surface area contributed by atoms with E-state index >= 15 is 0 Å². The van der Waals surface area contributed by atoms with Gasteiger partial charge in [-0.15, -0.1) is 0 Å². The summed E-state index contributed by atoms with van der Waals surface area (Å²) in [5.41, 5.74) is 2.78. The molecule has 3 nitrogen and oxygen atoms in total. The van der Waals surface area contributed by atoms with Crippen molar-refractivity contribution in [2.75, 3.05) is 6.26 Å². The average Bonchev–Trinajstić information content (AvgIpc) is 2.83. The zero-order valence-corrected chi connectivity index (χ0v) is 12.0. The van der Waals surface area contributed by atoms with E-state index in [-0.39, 0.29) is 4.75 Å². The standard InChI is InChI=1S/C14H18N2OS/c1-10-5-6-11(9-12(10)17)16-8-7-13(15-16)14(2,3)18-4/h5-9,17H,1-4H3. The van der Waals surface area contributed by atoms with E-state index in [9.17, 15) is 5.11 Å². The molecule has 2 aromatic rings. The first-order valence-electron chi connectivity index (χ1n) is 5.85. The number of aryl methyl sites for hydroxylation is 1. The highest BCUT2D eigenvalue weighted by Gasteiger charge is 2.22. The Morgan fingerprint density at radius 2 is 2.00 bits per heavy atom. The topological polar surface area (TPSA) is 38.0 Å². The highest BCUT2D eigenvalue weighted by molar-refractivity contribution is 7.99. The molecule has 18 heavy (non-hydrogen) atoms. The lowest BCUT2D eigenvalue weighted by Gasteiger charge is -2.18. The minimum atomic E-state index is -0.00199. The summed E-state index contributed by atoms with van der Waals surface area (Å²) >= 11 is 1.77. The molecule has 1 heterocycles. The van der Waals surface area contributed by atoms with Crippen LogP contribution in [-0.2, 0) is 4.75 Å². The molecular formula is C14H18N2OS. The Labute approximate surface area is 112 Å². The molecule has 0 bridgehead atoms. The predicted octanol–water partition coefficient (Wildman–Crippen LogP) is 3.48. The Morgan fingerprint density at radius 3 is 2.61 bits per heavy atom. The third kappa shape index (κ3) is 2.38. The number of phenolic OH excluding ortho intramolecular Hbond substituents is 1. The van der Waals surface area contributed by atoms with Crippen molar-refractivity contribution in [1.29, 1.82) is 0 Å². The van der Waals surface area contributed by atoms with Crippen molar-refractivity contribution in [3.63, 3.8) is 0 Å². The number of thioether (sulfide) groups is 1. The molecule has 0 unspecified atom stereocenters. The van der Waals surface area contributed by atoms with E-state index in [4.69, 9.17) is 0 Å². The number of hydrogen-bond acceptors (Lipinski definition) is 3. The second-order valence-electron chi connectivity index (χ2n) is 4.83. The predicted molar refractivity (Wildman–Crippen MR) is 76.5 cm³/mol. The number of hydrogen-bond donors (Lipinski definition) is 1. The number of aromatic hydroxyl groups is 1. The van der Waals surface area contributed by atoms with Gasteiger partial charge in [-0.25, -0.2) is 4.68 Å². The van der Waals surface area contributed by atoms with Crippen molar-refractivity contribution >= 4 is 11.8 Å². The summed E-state index contributed by atoms with van der Waals surface area (Å²) in [5.74, 6) is 0.300. The minimum absolute atomic E-state index is 0.00199. The molecular weight excluding hydrogens is 244 g/mol. The summed E-state index contributed by atoms with van der Waals surface area (Å²) < 4.78 is 1.80. The van der Waals surface area contributed by atoms with Crippen LogP contribution in [0.3, 0.4) is 0 Å². The van der Waals surface area contributed by atoms with Gasteiger partial charge in [-0.2, -0.15) is 16.9 Å². The third-order valence-electron chi connectivity index (χ3n) is 3.17. The van der Waals surface area contributed by atoms with Gasteiger partial charge >= 0.3 is 0 Å². The van der Waals surface area contributed by atoms with Gasteiger partial charge in [0.05, 0.1) is 16.1 Å². The molecule has 0 aliphatic carbocycles. The smallest absolute Gasteiger partial charge is 0.120 e. The van der Waals surface area contributed by atoms with Gasteiger partial charge in [0.1, 0.15) is 5.75 Å². The van der Waals surface area contributed by atoms with Crippen LogP contribution in [0.5, 0.6) is 5.75 Å². The van der Waals surface area contributed by atoms with E-state index < -0.39 is 0 Å². The van der Waals surface area contributed by atoms with E-state index in [1.54, 1.807) is 22.5 Å². The van der Waals surface area contributed by atoms with Crippen LogP contribution in [0.4, 0.5) is 0 Å². The lowest BCUT2D eigenvalue weighted by Crippen LogP contribution is -2.12. The maximum absolute atomic E-state index is 9.73. The summed E-state index contributed by atoms with van der Waals surface area (Å²) in [7, 11) is 0. The van der Waals surface area contributed by atoms with Gasteiger partial charge in [0.15, 0.2) is 0 Å². The van der Waals surface area contributed by atoms with E-state index in [2.05, 4.69) is 25.2 Å². The Hall–Kier alpha value is -1.42. The van der Waals surface area contributed by atoms with Gasteiger partial charge in [0.25, 0.3) is 0 Å². The first-order chi connectivity index (χ1) is 8.44. The molecule has 4 heteroatoms. The first-order valence-corrected chi connectivity index (χ1v) is 7.08. The average molecular weight is 262 g/mol. The van der Waals surface area contributed by atoms with Crippen LogP contribution in [0.15, 0.2) is 30.5 Å². The summed E-state index contributed by atoms with van der Waals surface area (Å²) in [4.78, 5) is 0. The summed E-state index contributed by atoms with van der Waals surface area (Å²) in [5, 5.41) is 14.3. The largest absolute Gasteiger partial charge is 0.508 e. The molecule has 0 spiro atoms. The van der Waals surface area contributed by atoms with Crippen LogP contribution in [0, 0.1) is 6.92 Å². The Bertz CT molecular complexity index is 561. The number of nitrogens with zero attached hydrogens (tertiary/aromatic N) is 2. The fraction of sp³-hybridized carbons (Fsp3) is 0.357. The molecule has 0 saturated carbocycles. The Morgan fingerprint density at radius 1 is 1.28 bits per heavy atom. The SMILES string of the molecule is CSC(C)(C)c1ccn(-c2ccc(C)c(O)c2)n1. The molecule has 0 aliphatic heterocycles. The van der Waals surface area contributed by atoms with E-state index in [0.29, 0.717) is 5.75 Å². The van der Waals surface area contributed by atoms with Gasteiger partial charge in [-0.05, 0) is 44.7 Å². The lowest BCUT2D eigenvalue weighted by molar-refractivity contribution is 0.470. The van der Waals surface area contributed by atoms with Crippen LogP contribution >= 0.6 is 11.8 Å². The third-order valence-corrected chi connectivity index (χ3v) is 4.40. The molecule has 96 valence electrons. The molecule has 0 aliphatic rings. The minimum Gasteiger partial charge on any atom is -0.508 e. The highest BCUT2D eigenvalue weighted by Crippen LogP contribution is 2.32. The van der Waals surface area contributed by atoms with Crippen molar-refractivity contribution in [3.05, 3.63) is 41.7 Å². The van der Waals surface area contributed by atoms with Crippen LogP contribution in [0.1, 0.15) is 25.1 Å². The van der Waals surface area contributed by atoms with Crippen molar-refractivity contribution in [3.8, 4) is 11.4 Å². The molecule has 0 atom stereocenters. The number of phenols is 1. The summed E-state index contributed by atoms with van der Waals surface area (Å²) in [6.45, 7) is 6.18. The monoisotopic (exact) mass is 262 g/mol.